The molecule has 0 unspecified atom stereocenters. The lowest BCUT2D eigenvalue weighted by Gasteiger charge is -2.21. The number of aliphatic hydroxyl groups is 1. The SMILES string of the molecule is Cc1cccc(C)c1Nc1cc(-c2cccnc2)nc(N[C@H](CO)C(C)C)n1. The van der Waals surface area contributed by atoms with Crippen LogP contribution in [0.1, 0.15) is 25.0 Å². The van der Waals surface area contributed by atoms with Crippen LogP contribution in [0, 0.1) is 19.8 Å². The van der Waals surface area contributed by atoms with Gasteiger partial charge in [0.15, 0.2) is 0 Å². The van der Waals surface area contributed by atoms with Gasteiger partial charge in [0, 0.05) is 29.7 Å². The number of hydrogen-bond donors (Lipinski definition) is 3. The third-order valence-electron chi connectivity index (χ3n) is 4.73. The largest absolute Gasteiger partial charge is 0.394 e. The number of benzene rings is 1. The fourth-order valence-electron chi connectivity index (χ4n) is 2.97. The molecule has 0 fully saturated rings. The van der Waals surface area contributed by atoms with Gasteiger partial charge in [-0.15, -0.1) is 0 Å². The molecule has 3 N–H and O–H groups in total. The lowest BCUT2D eigenvalue weighted by molar-refractivity contribution is 0.248. The second-order valence-electron chi connectivity index (χ2n) is 7.27. The average molecular weight is 377 g/mol. The number of para-hydroxylation sites is 1. The van der Waals surface area contributed by atoms with Crippen LogP contribution in [0.4, 0.5) is 17.5 Å². The summed E-state index contributed by atoms with van der Waals surface area (Å²) in [6, 6.07) is 11.8. The number of nitrogens with zero attached hydrogens (tertiary/aromatic N) is 3. The van der Waals surface area contributed by atoms with Gasteiger partial charge in [-0.3, -0.25) is 4.98 Å². The van der Waals surface area contributed by atoms with E-state index in [4.69, 9.17) is 0 Å². The Bertz CT molecular complexity index is 907. The summed E-state index contributed by atoms with van der Waals surface area (Å²) in [4.78, 5) is 13.5. The Morgan fingerprint density at radius 2 is 1.79 bits per heavy atom. The summed E-state index contributed by atoms with van der Waals surface area (Å²) in [7, 11) is 0. The van der Waals surface area contributed by atoms with E-state index in [1.807, 2.05) is 24.3 Å². The van der Waals surface area contributed by atoms with Crippen molar-refractivity contribution < 1.29 is 5.11 Å². The van der Waals surface area contributed by atoms with Crippen LogP contribution in [-0.2, 0) is 0 Å². The summed E-state index contributed by atoms with van der Waals surface area (Å²) >= 11 is 0. The second kappa shape index (κ2) is 8.80. The number of aryl methyl sites for hydroxylation is 2. The minimum absolute atomic E-state index is 0.0117. The minimum Gasteiger partial charge on any atom is -0.394 e. The van der Waals surface area contributed by atoms with E-state index in [0.717, 1.165) is 28.1 Å². The van der Waals surface area contributed by atoms with E-state index in [1.54, 1.807) is 12.4 Å². The molecule has 0 bridgehead atoms. The van der Waals surface area contributed by atoms with Crippen LogP contribution < -0.4 is 10.6 Å². The third kappa shape index (κ3) is 4.64. The highest BCUT2D eigenvalue weighted by Gasteiger charge is 2.15. The van der Waals surface area contributed by atoms with Crippen molar-refractivity contribution in [2.75, 3.05) is 17.2 Å². The smallest absolute Gasteiger partial charge is 0.225 e. The summed E-state index contributed by atoms with van der Waals surface area (Å²) in [5.41, 5.74) is 4.99. The minimum atomic E-state index is -0.128. The van der Waals surface area contributed by atoms with Crippen molar-refractivity contribution >= 4 is 17.5 Å². The predicted molar refractivity (Wildman–Crippen MR) is 114 cm³/mol. The Labute approximate surface area is 166 Å². The van der Waals surface area contributed by atoms with E-state index in [1.165, 1.54) is 0 Å². The number of pyridine rings is 1. The second-order valence-corrected chi connectivity index (χ2v) is 7.27. The van der Waals surface area contributed by atoms with Crippen LogP contribution in [-0.4, -0.2) is 32.7 Å². The number of aliphatic hydroxyl groups excluding tert-OH is 1. The zero-order valence-electron chi connectivity index (χ0n) is 16.8. The molecule has 0 saturated heterocycles. The van der Waals surface area contributed by atoms with E-state index >= 15 is 0 Å². The Morgan fingerprint density at radius 1 is 1.04 bits per heavy atom. The van der Waals surface area contributed by atoms with Crippen molar-refractivity contribution in [3.63, 3.8) is 0 Å². The molecule has 1 atom stereocenters. The van der Waals surface area contributed by atoms with Gasteiger partial charge in [0.25, 0.3) is 0 Å². The summed E-state index contributed by atoms with van der Waals surface area (Å²) in [5, 5.41) is 16.4. The molecule has 0 amide bonds. The zero-order chi connectivity index (χ0) is 20.1. The number of aromatic nitrogens is 3. The molecular weight excluding hydrogens is 350 g/mol. The van der Waals surface area contributed by atoms with Gasteiger partial charge in [-0.05, 0) is 43.0 Å². The van der Waals surface area contributed by atoms with Crippen molar-refractivity contribution in [1.29, 1.82) is 0 Å². The molecule has 0 aliphatic carbocycles. The van der Waals surface area contributed by atoms with Gasteiger partial charge in [-0.2, -0.15) is 4.98 Å². The quantitative estimate of drug-likeness (QED) is 0.568. The summed E-state index contributed by atoms with van der Waals surface area (Å²) < 4.78 is 0. The monoisotopic (exact) mass is 377 g/mol. The molecule has 6 nitrogen and oxygen atoms in total. The molecule has 0 spiro atoms. The fourth-order valence-corrected chi connectivity index (χ4v) is 2.97. The predicted octanol–water partition coefficient (Wildman–Crippen LogP) is 4.33. The van der Waals surface area contributed by atoms with E-state index in [9.17, 15) is 5.11 Å². The van der Waals surface area contributed by atoms with Crippen molar-refractivity contribution in [3.05, 3.63) is 59.9 Å². The first kappa shape index (κ1) is 19.8. The molecule has 3 aromatic rings. The highest BCUT2D eigenvalue weighted by molar-refractivity contribution is 5.69. The summed E-state index contributed by atoms with van der Waals surface area (Å²) in [6.07, 6.45) is 3.52. The van der Waals surface area contributed by atoms with Crippen LogP contribution in [0.2, 0.25) is 0 Å². The van der Waals surface area contributed by atoms with Gasteiger partial charge in [-0.1, -0.05) is 32.0 Å². The van der Waals surface area contributed by atoms with Crippen LogP contribution in [0.15, 0.2) is 48.8 Å². The van der Waals surface area contributed by atoms with Crippen molar-refractivity contribution in [3.8, 4) is 11.3 Å². The third-order valence-corrected chi connectivity index (χ3v) is 4.73. The normalized spacial score (nSPS) is 12.1. The first-order chi connectivity index (χ1) is 13.5. The number of rotatable bonds is 7. The first-order valence-corrected chi connectivity index (χ1v) is 9.48. The molecule has 2 aromatic heterocycles. The standard InChI is InChI=1S/C22H27N5O/c1-14(2)19(13-28)25-22-24-18(17-9-6-10-23-12-17)11-20(27-22)26-21-15(3)7-5-8-16(21)4/h5-12,14,19,28H,13H2,1-4H3,(H2,24,25,26,27)/t19-/m1/s1. The molecule has 1 aromatic carbocycles. The molecule has 0 aliphatic rings. The molecule has 6 heteroatoms. The highest BCUT2D eigenvalue weighted by atomic mass is 16.3. The molecule has 0 aliphatic heterocycles. The van der Waals surface area contributed by atoms with E-state index in [2.05, 4.69) is 65.4 Å². The Kier molecular flexibility index (Phi) is 6.21. The van der Waals surface area contributed by atoms with Crippen LogP contribution in [0.5, 0.6) is 0 Å². The maximum atomic E-state index is 9.68. The lowest BCUT2D eigenvalue weighted by Crippen LogP contribution is -2.30. The molecule has 28 heavy (non-hydrogen) atoms. The molecule has 2 heterocycles. The summed E-state index contributed by atoms with van der Waals surface area (Å²) in [5.74, 6) is 1.41. The Hall–Kier alpha value is -2.99. The number of anilines is 3. The van der Waals surface area contributed by atoms with Crippen molar-refractivity contribution in [2.45, 2.75) is 33.7 Å². The number of hydrogen-bond acceptors (Lipinski definition) is 6. The van der Waals surface area contributed by atoms with E-state index in [0.29, 0.717) is 11.8 Å². The van der Waals surface area contributed by atoms with Crippen LogP contribution in [0.3, 0.4) is 0 Å². The van der Waals surface area contributed by atoms with Gasteiger partial charge in [-0.25, -0.2) is 4.98 Å². The molecular formula is C22H27N5O. The maximum Gasteiger partial charge on any atom is 0.225 e. The average Bonchev–Trinajstić information content (AvgIpc) is 2.69. The van der Waals surface area contributed by atoms with Crippen molar-refractivity contribution in [2.24, 2.45) is 5.92 Å². The van der Waals surface area contributed by atoms with E-state index < -0.39 is 0 Å². The van der Waals surface area contributed by atoms with Crippen LogP contribution >= 0.6 is 0 Å². The summed E-state index contributed by atoms with van der Waals surface area (Å²) in [6.45, 7) is 8.25. The van der Waals surface area contributed by atoms with Gasteiger partial charge in [0.1, 0.15) is 5.82 Å². The van der Waals surface area contributed by atoms with Gasteiger partial charge in [0.2, 0.25) is 5.95 Å². The maximum absolute atomic E-state index is 9.68. The van der Waals surface area contributed by atoms with Crippen LogP contribution in [0.25, 0.3) is 11.3 Å². The Morgan fingerprint density at radius 3 is 2.39 bits per heavy atom. The van der Waals surface area contributed by atoms with Crippen molar-refractivity contribution in [1.82, 2.24) is 15.0 Å². The molecule has 3 rings (SSSR count). The molecule has 0 saturated carbocycles. The number of nitrogens with one attached hydrogen (secondary N) is 2. The Balaban J connectivity index is 2.02. The van der Waals surface area contributed by atoms with Gasteiger partial charge >= 0.3 is 0 Å². The molecule has 0 radical (unpaired) electrons. The highest BCUT2D eigenvalue weighted by Crippen LogP contribution is 2.27. The molecule has 146 valence electrons. The van der Waals surface area contributed by atoms with Gasteiger partial charge < -0.3 is 15.7 Å². The lowest BCUT2D eigenvalue weighted by atomic mass is 10.1. The van der Waals surface area contributed by atoms with Gasteiger partial charge in [0.05, 0.1) is 18.3 Å². The first-order valence-electron chi connectivity index (χ1n) is 9.48. The topological polar surface area (TPSA) is 83.0 Å². The fraction of sp³-hybridized carbons (Fsp3) is 0.318. The zero-order valence-corrected chi connectivity index (χ0v) is 16.8. The van der Waals surface area contributed by atoms with E-state index in [-0.39, 0.29) is 18.6 Å².